The predicted octanol–water partition coefficient (Wildman–Crippen LogP) is 2.94. The molecule has 4 nitrogen and oxygen atoms in total. The van der Waals surface area contributed by atoms with Crippen molar-refractivity contribution in [3.05, 3.63) is 12.0 Å². The standard InChI is InChI=1S/C14H25N3O/c1-3-15-10-12-11-18-14(16-12)17(2)13-8-6-4-5-7-9-13/h11,13,15H,3-10H2,1-2H3. The first-order valence-electron chi connectivity index (χ1n) is 7.19. The Morgan fingerprint density at radius 1 is 1.33 bits per heavy atom. The van der Waals surface area contributed by atoms with Crippen LogP contribution < -0.4 is 10.2 Å². The van der Waals surface area contributed by atoms with Crippen molar-refractivity contribution in [3.63, 3.8) is 0 Å². The Morgan fingerprint density at radius 3 is 2.72 bits per heavy atom. The Labute approximate surface area is 110 Å². The molecular formula is C14H25N3O. The molecule has 2 rings (SSSR count). The Kier molecular flexibility index (Phi) is 5.05. The van der Waals surface area contributed by atoms with Crippen LogP contribution in [-0.2, 0) is 6.54 Å². The summed E-state index contributed by atoms with van der Waals surface area (Å²) in [7, 11) is 2.11. The van der Waals surface area contributed by atoms with Crippen LogP contribution in [0.4, 0.5) is 6.01 Å². The average Bonchev–Trinajstić information content (AvgIpc) is 2.69. The van der Waals surface area contributed by atoms with Crippen molar-refractivity contribution in [1.82, 2.24) is 10.3 Å². The van der Waals surface area contributed by atoms with Gasteiger partial charge in [0.25, 0.3) is 6.01 Å². The maximum Gasteiger partial charge on any atom is 0.297 e. The first-order valence-corrected chi connectivity index (χ1v) is 7.19. The van der Waals surface area contributed by atoms with Crippen LogP contribution in [0, 0.1) is 0 Å². The van der Waals surface area contributed by atoms with Gasteiger partial charge in [0.05, 0.1) is 5.69 Å². The van der Waals surface area contributed by atoms with Crippen LogP contribution in [0.15, 0.2) is 10.7 Å². The largest absolute Gasteiger partial charge is 0.432 e. The number of oxazole rings is 1. The van der Waals surface area contributed by atoms with Gasteiger partial charge in [-0.05, 0) is 19.4 Å². The first kappa shape index (κ1) is 13.4. The highest BCUT2D eigenvalue weighted by molar-refractivity contribution is 5.27. The van der Waals surface area contributed by atoms with Gasteiger partial charge >= 0.3 is 0 Å². The van der Waals surface area contributed by atoms with E-state index in [4.69, 9.17) is 4.42 Å². The molecular weight excluding hydrogens is 226 g/mol. The van der Waals surface area contributed by atoms with E-state index in [1.54, 1.807) is 6.26 Å². The van der Waals surface area contributed by atoms with E-state index in [1.807, 2.05) is 0 Å². The van der Waals surface area contributed by atoms with Crippen molar-refractivity contribution in [2.75, 3.05) is 18.5 Å². The summed E-state index contributed by atoms with van der Waals surface area (Å²) in [5, 5.41) is 3.27. The van der Waals surface area contributed by atoms with Gasteiger partial charge in [0, 0.05) is 19.6 Å². The van der Waals surface area contributed by atoms with E-state index in [1.165, 1.54) is 38.5 Å². The monoisotopic (exact) mass is 251 g/mol. The van der Waals surface area contributed by atoms with Crippen LogP contribution in [-0.4, -0.2) is 24.6 Å². The fourth-order valence-corrected chi connectivity index (χ4v) is 2.59. The van der Waals surface area contributed by atoms with Crippen molar-refractivity contribution in [3.8, 4) is 0 Å². The molecule has 1 aliphatic rings. The van der Waals surface area contributed by atoms with Crippen LogP contribution >= 0.6 is 0 Å². The lowest BCUT2D eigenvalue weighted by Gasteiger charge is -2.25. The van der Waals surface area contributed by atoms with Crippen molar-refractivity contribution in [2.45, 2.75) is 58.0 Å². The molecule has 1 saturated carbocycles. The van der Waals surface area contributed by atoms with Gasteiger partial charge in [-0.15, -0.1) is 0 Å². The van der Waals surface area contributed by atoms with Gasteiger partial charge < -0.3 is 14.6 Å². The number of aromatic nitrogens is 1. The first-order chi connectivity index (χ1) is 8.81. The third kappa shape index (κ3) is 3.48. The Hall–Kier alpha value is -1.03. The zero-order chi connectivity index (χ0) is 12.8. The average molecular weight is 251 g/mol. The predicted molar refractivity (Wildman–Crippen MR) is 73.8 cm³/mol. The van der Waals surface area contributed by atoms with E-state index >= 15 is 0 Å². The van der Waals surface area contributed by atoms with Crippen LogP contribution in [0.3, 0.4) is 0 Å². The number of anilines is 1. The minimum absolute atomic E-state index is 0.595. The Bertz CT molecular complexity index is 343. The molecule has 0 bridgehead atoms. The topological polar surface area (TPSA) is 41.3 Å². The van der Waals surface area contributed by atoms with E-state index in [9.17, 15) is 0 Å². The number of rotatable bonds is 5. The SMILES string of the molecule is CCNCc1coc(N(C)C2CCCCCC2)n1. The molecule has 1 heterocycles. The van der Waals surface area contributed by atoms with Gasteiger partial charge in [-0.2, -0.15) is 4.98 Å². The third-order valence-corrected chi connectivity index (χ3v) is 3.77. The highest BCUT2D eigenvalue weighted by Gasteiger charge is 2.20. The molecule has 0 aromatic carbocycles. The zero-order valence-corrected chi connectivity index (χ0v) is 11.6. The molecule has 1 fully saturated rings. The minimum Gasteiger partial charge on any atom is -0.432 e. The lowest BCUT2D eigenvalue weighted by molar-refractivity contribution is 0.481. The molecule has 18 heavy (non-hydrogen) atoms. The molecule has 0 atom stereocenters. The van der Waals surface area contributed by atoms with Crippen LogP contribution in [0.25, 0.3) is 0 Å². The van der Waals surface area contributed by atoms with Gasteiger partial charge in [0.1, 0.15) is 6.26 Å². The van der Waals surface area contributed by atoms with Gasteiger partial charge in [-0.3, -0.25) is 0 Å². The highest BCUT2D eigenvalue weighted by Crippen LogP contribution is 2.24. The van der Waals surface area contributed by atoms with Crippen molar-refractivity contribution < 1.29 is 4.42 Å². The van der Waals surface area contributed by atoms with E-state index in [0.717, 1.165) is 24.8 Å². The summed E-state index contributed by atoms with van der Waals surface area (Å²) in [6.45, 7) is 3.85. The number of hydrogen-bond acceptors (Lipinski definition) is 4. The summed E-state index contributed by atoms with van der Waals surface area (Å²) in [6, 6.07) is 1.37. The second-order valence-corrected chi connectivity index (χ2v) is 5.16. The molecule has 1 aromatic heterocycles. The van der Waals surface area contributed by atoms with Gasteiger partial charge in [-0.25, -0.2) is 0 Å². The zero-order valence-electron chi connectivity index (χ0n) is 11.6. The molecule has 102 valence electrons. The summed E-state index contributed by atoms with van der Waals surface area (Å²) < 4.78 is 5.59. The highest BCUT2D eigenvalue weighted by atomic mass is 16.4. The van der Waals surface area contributed by atoms with Crippen LogP contribution in [0.5, 0.6) is 0 Å². The maximum atomic E-state index is 5.59. The van der Waals surface area contributed by atoms with Gasteiger partial charge in [0.2, 0.25) is 0 Å². The second kappa shape index (κ2) is 6.78. The quantitative estimate of drug-likeness (QED) is 0.817. The summed E-state index contributed by atoms with van der Waals surface area (Å²) in [6.07, 6.45) is 9.72. The van der Waals surface area contributed by atoms with E-state index in [-0.39, 0.29) is 0 Å². The second-order valence-electron chi connectivity index (χ2n) is 5.16. The minimum atomic E-state index is 0.595. The van der Waals surface area contributed by atoms with Crippen LogP contribution in [0.2, 0.25) is 0 Å². The maximum absolute atomic E-state index is 5.59. The van der Waals surface area contributed by atoms with Crippen molar-refractivity contribution >= 4 is 6.01 Å². The lowest BCUT2D eigenvalue weighted by Crippen LogP contribution is -2.31. The van der Waals surface area contributed by atoms with Crippen molar-refractivity contribution in [1.29, 1.82) is 0 Å². The molecule has 0 amide bonds. The molecule has 0 unspecified atom stereocenters. The lowest BCUT2D eigenvalue weighted by atomic mass is 10.1. The third-order valence-electron chi connectivity index (χ3n) is 3.77. The summed E-state index contributed by atoms with van der Waals surface area (Å²) in [5.41, 5.74) is 0.993. The Balaban J connectivity index is 1.94. The molecule has 1 N–H and O–H groups in total. The molecule has 0 radical (unpaired) electrons. The molecule has 1 aromatic rings. The van der Waals surface area contributed by atoms with E-state index < -0.39 is 0 Å². The molecule has 0 spiro atoms. The molecule has 0 saturated heterocycles. The van der Waals surface area contributed by atoms with E-state index in [2.05, 4.69) is 29.2 Å². The normalized spacial score (nSPS) is 17.7. The molecule has 0 aliphatic heterocycles. The van der Waals surface area contributed by atoms with E-state index in [0.29, 0.717) is 6.04 Å². The number of hydrogen-bond donors (Lipinski definition) is 1. The van der Waals surface area contributed by atoms with Crippen molar-refractivity contribution in [2.24, 2.45) is 0 Å². The molecule has 4 heteroatoms. The fourth-order valence-electron chi connectivity index (χ4n) is 2.59. The summed E-state index contributed by atoms with van der Waals surface area (Å²) in [4.78, 5) is 6.77. The van der Waals surface area contributed by atoms with Crippen LogP contribution in [0.1, 0.15) is 51.1 Å². The fraction of sp³-hybridized carbons (Fsp3) is 0.786. The number of nitrogens with zero attached hydrogens (tertiary/aromatic N) is 2. The van der Waals surface area contributed by atoms with Gasteiger partial charge in [0.15, 0.2) is 0 Å². The summed E-state index contributed by atoms with van der Waals surface area (Å²) >= 11 is 0. The smallest absolute Gasteiger partial charge is 0.297 e. The van der Waals surface area contributed by atoms with Gasteiger partial charge in [-0.1, -0.05) is 32.6 Å². The summed E-state index contributed by atoms with van der Waals surface area (Å²) in [5.74, 6) is 0. The number of nitrogens with one attached hydrogen (secondary N) is 1. The molecule has 1 aliphatic carbocycles. The Morgan fingerprint density at radius 2 is 2.06 bits per heavy atom.